The minimum Gasteiger partial charge on any atom is -0.493 e. The number of hydrogen-bond donors (Lipinski definition) is 1. The van der Waals surface area contributed by atoms with E-state index in [2.05, 4.69) is 5.32 Å². The van der Waals surface area contributed by atoms with Crippen molar-refractivity contribution in [1.29, 1.82) is 0 Å². The highest BCUT2D eigenvalue weighted by Crippen LogP contribution is 2.14. The minimum absolute atomic E-state index is 0. The SMILES string of the molecule is CN(C(=O)CCCOc1cccc(F)c1)C1CCNCC1.Cl. The van der Waals surface area contributed by atoms with E-state index in [0.29, 0.717) is 31.2 Å². The monoisotopic (exact) mass is 330 g/mol. The molecule has 1 fully saturated rings. The predicted octanol–water partition coefficient (Wildman–Crippen LogP) is 2.62. The molecule has 1 aromatic rings. The number of benzene rings is 1. The summed E-state index contributed by atoms with van der Waals surface area (Å²) in [7, 11) is 1.88. The lowest BCUT2D eigenvalue weighted by molar-refractivity contribution is -0.132. The number of amides is 1. The van der Waals surface area contributed by atoms with Crippen molar-refractivity contribution in [2.45, 2.75) is 31.7 Å². The standard InChI is InChI=1S/C16H23FN2O2.ClH/c1-19(14-7-9-18-10-8-14)16(20)6-3-11-21-15-5-2-4-13(17)12-15;/h2,4-5,12,14,18H,3,6-11H2,1H3;1H. The maximum atomic E-state index is 13.0. The van der Waals surface area contributed by atoms with Gasteiger partial charge in [-0.1, -0.05) is 6.07 Å². The Balaban J connectivity index is 0.00000242. The molecule has 0 unspecified atom stereocenters. The highest BCUT2D eigenvalue weighted by Gasteiger charge is 2.21. The molecule has 1 aliphatic heterocycles. The van der Waals surface area contributed by atoms with Gasteiger partial charge in [0.05, 0.1) is 6.61 Å². The Bertz CT molecular complexity index is 467. The van der Waals surface area contributed by atoms with E-state index in [1.165, 1.54) is 12.1 Å². The zero-order valence-corrected chi connectivity index (χ0v) is 13.7. The van der Waals surface area contributed by atoms with Crippen LogP contribution in [0.5, 0.6) is 5.75 Å². The first-order valence-corrected chi connectivity index (χ1v) is 7.51. The second-order valence-corrected chi connectivity index (χ2v) is 5.40. The maximum absolute atomic E-state index is 13.0. The molecule has 1 aliphatic rings. The van der Waals surface area contributed by atoms with Crippen LogP contribution in [0.2, 0.25) is 0 Å². The molecule has 0 bridgehead atoms. The molecular formula is C16H24ClFN2O2. The average molecular weight is 331 g/mol. The lowest BCUT2D eigenvalue weighted by Crippen LogP contribution is -2.43. The van der Waals surface area contributed by atoms with E-state index in [-0.39, 0.29) is 24.1 Å². The Morgan fingerprint density at radius 3 is 2.82 bits per heavy atom. The van der Waals surface area contributed by atoms with Crippen molar-refractivity contribution >= 4 is 18.3 Å². The Morgan fingerprint density at radius 1 is 1.41 bits per heavy atom. The van der Waals surface area contributed by atoms with Crippen molar-refractivity contribution in [3.63, 3.8) is 0 Å². The number of ether oxygens (including phenoxy) is 1. The highest BCUT2D eigenvalue weighted by atomic mass is 35.5. The quantitative estimate of drug-likeness (QED) is 0.815. The Labute approximate surface area is 137 Å². The molecule has 0 aromatic heterocycles. The molecule has 2 rings (SSSR count). The summed E-state index contributed by atoms with van der Waals surface area (Å²) in [6.45, 7) is 2.38. The van der Waals surface area contributed by atoms with E-state index >= 15 is 0 Å². The number of nitrogens with one attached hydrogen (secondary N) is 1. The highest BCUT2D eigenvalue weighted by molar-refractivity contribution is 5.85. The molecule has 22 heavy (non-hydrogen) atoms. The molecular weight excluding hydrogens is 307 g/mol. The second kappa shape index (κ2) is 9.64. The van der Waals surface area contributed by atoms with E-state index < -0.39 is 0 Å². The van der Waals surface area contributed by atoms with Crippen LogP contribution in [0, 0.1) is 5.82 Å². The van der Waals surface area contributed by atoms with E-state index in [0.717, 1.165) is 25.9 Å². The van der Waals surface area contributed by atoms with E-state index in [9.17, 15) is 9.18 Å². The van der Waals surface area contributed by atoms with Gasteiger partial charge in [0, 0.05) is 25.6 Å². The number of nitrogens with zero attached hydrogens (tertiary/aromatic N) is 1. The van der Waals surface area contributed by atoms with Gasteiger partial charge in [0.15, 0.2) is 0 Å². The van der Waals surface area contributed by atoms with Crippen molar-refractivity contribution in [2.24, 2.45) is 0 Å². The van der Waals surface area contributed by atoms with Crippen LogP contribution >= 0.6 is 12.4 Å². The van der Waals surface area contributed by atoms with Gasteiger partial charge in [0.2, 0.25) is 5.91 Å². The topological polar surface area (TPSA) is 41.6 Å². The summed E-state index contributed by atoms with van der Waals surface area (Å²) < 4.78 is 18.4. The molecule has 4 nitrogen and oxygen atoms in total. The third-order valence-corrected chi connectivity index (χ3v) is 3.85. The maximum Gasteiger partial charge on any atom is 0.222 e. The molecule has 0 aliphatic carbocycles. The van der Waals surface area contributed by atoms with Crippen LogP contribution in [-0.4, -0.2) is 43.6 Å². The van der Waals surface area contributed by atoms with Gasteiger partial charge >= 0.3 is 0 Å². The fourth-order valence-electron chi connectivity index (χ4n) is 2.54. The molecule has 0 radical (unpaired) electrons. The van der Waals surface area contributed by atoms with Gasteiger partial charge in [-0.2, -0.15) is 0 Å². The third kappa shape index (κ3) is 5.81. The van der Waals surface area contributed by atoms with Gasteiger partial charge in [0.1, 0.15) is 11.6 Å². The lowest BCUT2D eigenvalue weighted by Gasteiger charge is -2.31. The zero-order chi connectivity index (χ0) is 15.1. The summed E-state index contributed by atoms with van der Waals surface area (Å²) in [5.41, 5.74) is 0. The summed E-state index contributed by atoms with van der Waals surface area (Å²) in [6.07, 6.45) is 3.14. The molecule has 124 valence electrons. The van der Waals surface area contributed by atoms with Gasteiger partial charge in [-0.3, -0.25) is 4.79 Å². The van der Waals surface area contributed by atoms with Crippen LogP contribution in [0.25, 0.3) is 0 Å². The number of piperidine rings is 1. The van der Waals surface area contributed by atoms with Gasteiger partial charge in [-0.05, 0) is 44.5 Å². The summed E-state index contributed by atoms with van der Waals surface area (Å²) in [6, 6.07) is 6.41. The predicted molar refractivity (Wildman–Crippen MR) is 87.0 cm³/mol. The van der Waals surface area contributed by atoms with Gasteiger partial charge in [-0.15, -0.1) is 12.4 Å². The first-order chi connectivity index (χ1) is 10.2. The van der Waals surface area contributed by atoms with Crippen LogP contribution in [-0.2, 0) is 4.79 Å². The molecule has 1 amide bonds. The first kappa shape index (κ1) is 18.7. The van der Waals surface area contributed by atoms with Crippen molar-refractivity contribution < 1.29 is 13.9 Å². The van der Waals surface area contributed by atoms with Crippen LogP contribution in [0.4, 0.5) is 4.39 Å². The minimum atomic E-state index is -0.311. The summed E-state index contributed by atoms with van der Waals surface area (Å²) in [4.78, 5) is 14.0. The van der Waals surface area contributed by atoms with Gasteiger partial charge < -0.3 is 15.0 Å². The van der Waals surface area contributed by atoms with Crippen LogP contribution in [0.3, 0.4) is 0 Å². The Morgan fingerprint density at radius 2 is 2.14 bits per heavy atom. The number of carbonyl (C=O) groups is 1. The summed E-state index contributed by atoms with van der Waals surface area (Å²) in [5.74, 6) is 0.355. The number of halogens is 2. The number of hydrogen-bond acceptors (Lipinski definition) is 3. The van der Waals surface area contributed by atoms with Crippen molar-refractivity contribution in [2.75, 3.05) is 26.7 Å². The molecule has 0 saturated carbocycles. The van der Waals surface area contributed by atoms with E-state index in [4.69, 9.17) is 4.74 Å². The average Bonchev–Trinajstić information content (AvgIpc) is 2.51. The number of rotatable bonds is 6. The fraction of sp³-hybridized carbons (Fsp3) is 0.562. The number of carbonyl (C=O) groups excluding carboxylic acids is 1. The molecule has 1 aromatic carbocycles. The molecule has 0 atom stereocenters. The Hall–Kier alpha value is -1.33. The van der Waals surface area contributed by atoms with Gasteiger partial charge in [-0.25, -0.2) is 4.39 Å². The molecule has 6 heteroatoms. The molecule has 1 N–H and O–H groups in total. The molecule has 0 spiro atoms. The summed E-state index contributed by atoms with van der Waals surface area (Å²) >= 11 is 0. The molecule has 1 saturated heterocycles. The smallest absolute Gasteiger partial charge is 0.222 e. The van der Waals surface area contributed by atoms with Crippen molar-refractivity contribution in [3.8, 4) is 5.75 Å². The van der Waals surface area contributed by atoms with Crippen molar-refractivity contribution in [1.82, 2.24) is 10.2 Å². The Kier molecular flexibility index (Phi) is 8.20. The largest absolute Gasteiger partial charge is 0.493 e. The van der Waals surface area contributed by atoms with E-state index in [1.807, 2.05) is 11.9 Å². The van der Waals surface area contributed by atoms with Crippen LogP contribution in [0.15, 0.2) is 24.3 Å². The van der Waals surface area contributed by atoms with Crippen molar-refractivity contribution in [3.05, 3.63) is 30.1 Å². The van der Waals surface area contributed by atoms with Crippen LogP contribution < -0.4 is 10.1 Å². The first-order valence-electron chi connectivity index (χ1n) is 7.51. The van der Waals surface area contributed by atoms with Crippen LogP contribution in [0.1, 0.15) is 25.7 Å². The second-order valence-electron chi connectivity index (χ2n) is 5.40. The zero-order valence-electron chi connectivity index (χ0n) is 12.9. The van der Waals surface area contributed by atoms with E-state index in [1.54, 1.807) is 12.1 Å². The molecule has 1 heterocycles. The normalized spacial score (nSPS) is 15.0. The lowest BCUT2D eigenvalue weighted by atomic mass is 10.0. The summed E-state index contributed by atoms with van der Waals surface area (Å²) in [5, 5.41) is 3.29. The fourth-order valence-corrected chi connectivity index (χ4v) is 2.54. The van der Waals surface area contributed by atoms with Gasteiger partial charge in [0.25, 0.3) is 0 Å². The third-order valence-electron chi connectivity index (χ3n) is 3.85.